The van der Waals surface area contributed by atoms with E-state index in [1.54, 1.807) is 66.7 Å². The fraction of sp³-hybridized carbons (Fsp3) is 0.0435. The summed E-state index contributed by atoms with van der Waals surface area (Å²) in [6, 6.07) is 19.9. The Morgan fingerprint density at radius 2 is 1.68 bits per heavy atom. The molecule has 3 aromatic carbocycles. The van der Waals surface area contributed by atoms with E-state index < -0.39 is 17.8 Å². The Morgan fingerprint density at radius 3 is 2.42 bits per heavy atom. The lowest BCUT2D eigenvalue weighted by Crippen LogP contribution is -2.32. The van der Waals surface area contributed by atoms with Crippen LogP contribution in [0.1, 0.15) is 21.5 Å². The number of rotatable bonds is 5. The van der Waals surface area contributed by atoms with E-state index in [1.165, 1.54) is 6.21 Å². The summed E-state index contributed by atoms with van der Waals surface area (Å²) in [6.07, 6.45) is 1.33. The summed E-state index contributed by atoms with van der Waals surface area (Å²) in [7, 11) is 0. The van der Waals surface area contributed by atoms with E-state index in [4.69, 9.17) is 16.3 Å². The molecule has 0 heterocycles. The van der Waals surface area contributed by atoms with E-state index in [2.05, 4.69) is 15.8 Å². The van der Waals surface area contributed by atoms with Gasteiger partial charge in [0.05, 0.1) is 11.8 Å². The van der Waals surface area contributed by atoms with Crippen LogP contribution >= 0.6 is 11.6 Å². The third-order valence-corrected chi connectivity index (χ3v) is 4.26. The van der Waals surface area contributed by atoms with Gasteiger partial charge in [-0.15, -0.1) is 0 Å². The van der Waals surface area contributed by atoms with Crippen molar-refractivity contribution in [2.24, 2.45) is 5.10 Å². The van der Waals surface area contributed by atoms with E-state index in [0.717, 1.165) is 5.56 Å². The fourth-order valence-electron chi connectivity index (χ4n) is 2.54. The summed E-state index contributed by atoms with van der Waals surface area (Å²) in [4.78, 5) is 36.0. The summed E-state index contributed by atoms with van der Waals surface area (Å²) < 4.78 is 5.33. The fourth-order valence-corrected chi connectivity index (χ4v) is 2.66. The van der Waals surface area contributed by atoms with Gasteiger partial charge in [-0.25, -0.2) is 10.2 Å². The van der Waals surface area contributed by atoms with Crippen molar-refractivity contribution in [2.75, 3.05) is 5.32 Å². The van der Waals surface area contributed by atoms with Crippen molar-refractivity contribution >= 4 is 41.3 Å². The van der Waals surface area contributed by atoms with Gasteiger partial charge < -0.3 is 10.1 Å². The molecule has 0 radical (unpaired) electrons. The van der Waals surface area contributed by atoms with E-state index in [1.807, 2.05) is 13.0 Å². The first-order valence-electron chi connectivity index (χ1n) is 9.19. The van der Waals surface area contributed by atoms with Gasteiger partial charge in [0.1, 0.15) is 5.75 Å². The highest BCUT2D eigenvalue weighted by Gasteiger charge is 2.13. The molecule has 3 rings (SSSR count). The van der Waals surface area contributed by atoms with E-state index in [9.17, 15) is 14.4 Å². The van der Waals surface area contributed by atoms with Crippen molar-refractivity contribution in [3.63, 3.8) is 0 Å². The molecule has 0 fully saturated rings. The van der Waals surface area contributed by atoms with Crippen LogP contribution < -0.4 is 15.5 Å². The number of carbonyl (C=O) groups is 3. The maximum atomic E-state index is 12.2. The molecule has 2 amide bonds. The van der Waals surface area contributed by atoms with Crippen LogP contribution in [0.2, 0.25) is 5.02 Å². The van der Waals surface area contributed by atoms with Crippen LogP contribution in [-0.4, -0.2) is 24.0 Å². The number of halogens is 1. The highest BCUT2D eigenvalue weighted by molar-refractivity contribution is 6.39. The maximum Gasteiger partial charge on any atom is 0.343 e. The van der Waals surface area contributed by atoms with Crippen LogP contribution in [0.3, 0.4) is 0 Å². The summed E-state index contributed by atoms with van der Waals surface area (Å²) in [5.41, 5.74) is 4.53. The van der Waals surface area contributed by atoms with Gasteiger partial charge in [0, 0.05) is 10.7 Å². The second kappa shape index (κ2) is 10.2. The summed E-state index contributed by atoms with van der Waals surface area (Å²) in [5.74, 6) is -1.99. The first-order valence-corrected chi connectivity index (χ1v) is 9.57. The SMILES string of the molecule is Cc1cccc(NC(=O)C(=O)N/N=C/c2cccc(OC(=O)c3ccc(Cl)cc3)c2)c1. The average Bonchev–Trinajstić information content (AvgIpc) is 2.74. The van der Waals surface area contributed by atoms with Crippen molar-refractivity contribution in [3.05, 3.63) is 94.5 Å². The number of hydrogen-bond donors (Lipinski definition) is 2. The molecule has 0 atom stereocenters. The number of amides is 2. The van der Waals surface area contributed by atoms with Gasteiger partial charge in [0.25, 0.3) is 0 Å². The Kier molecular flexibility index (Phi) is 7.13. The predicted octanol–water partition coefficient (Wildman–Crippen LogP) is 3.96. The number of esters is 1. The first-order chi connectivity index (χ1) is 14.9. The molecule has 0 aliphatic carbocycles. The third-order valence-electron chi connectivity index (χ3n) is 4.01. The molecule has 0 bridgehead atoms. The van der Waals surface area contributed by atoms with E-state index >= 15 is 0 Å². The molecule has 0 saturated carbocycles. The number of carbonyl (C=O) groups excluding carboxylic acids is 3. The van der Waals surface area contributed by atoms with Crippen molar-refractivity contribution in [3.8, 4) is 5.75 Å². The number of hydrogen-bond acceptors (Lipinski definition) is 5. The molecule has 0 unspecified atom stereocenters. The molecule has 7 nitrogen and oxygen atoms in total. The lowest BCUT2D eigenvalue weighted by atomic mass is 10.2. The molecule has 2 N–H and O–H groups in total. The van der Waals surface area contributed by atoms with Gasteiger partial charge in [-0.1, -0.05) is 35.9 Å². The minimum atomic E-state index is -0.914. The molecule has 0 aromatic heterocycles. The third kappa shape index (κ3) is 6.52. The minimum absolute atomic E-state index is 0.299. The molecule has 0 saturated heterocycles. The largest absolute Gasteiger partial charge is 0.423 e. The molecular formula is C23H18ClN3O4. The Bertz CT molecular complexity index is 1140. The highest BCUT2D eigenvalue weighted by Crippen LogP contribution is 2.16. The topological polar surface area (TPSA) is 96.9 Å². The number of nitrogens with zero attached hydrogens (tertiary/aromatic N) is 1. The molecule has 0 aliphatic heterocycles. The van der Waals surface area contributed by atoms with Crippen LogP contribution in [0.15, 0.2) is 77.9 Å². The zero-order chi connectivity index (χ0) is 22.2. The normalized spacial score (nSPS) is 10.5. The second-order valence-electron chi connectivity index (χ2n) is 6.49. The van der Waals surface area contributed by atoms with Crippen molar-refractivity contribution < 1.29 is 19.1 Å². The van der Waals surface area contributed by atoms with Gasteiger partial charge in [-0.05, 0) is 66.6 Å². The van der Waals surface area contributed by atoms with Crippen molar-refractivity contribution in [2.45, 2.75) is 6.92 Å². The van der Waals surface area contributed by atoms with Gasteiger partial charge in [-0.2, -0.15) is 5.10 Å². The monoisotopic (exact) mass is 435 g/mol. The van der Waals surface area contributed by atoms with Gasteiger partial charge in [0.2, 0.25) is 0 Å². The standard InChI is InChI=1S/C23H18ClN3O4/c1-15-4-2-6-19(12-15)26-21(28)22(29)27-25-14-16-5-3-7-20(13-16)31-23(30)17-8-10-18(24)11-9-17/h2-14H,1H3,(H,26,28)(H,27,29)/b25-14+. The van der Waals surface area contributed by atoms with Gasteiger partial charge in [0.15, 0.2) is 0 Å². The quantitative estimate of drug-likeness (QED) is 0.208. The van der Waals surface area contributed by atoms with Crippen LogP contribution in [0.5, 0.6) is 5.75 Å². The zero-order valence-corrected chi connectivity index (χ0v) is 17.2. The van der Waals surface area contributed by atoms with Crippen LogP contribution in [0, 0.1) is 6.92 Å². The van der Waals surface area contributed by atoms with E-state index in [0.29, 0.717) is 27.6 Å². The Morgan fingerprint density at radius 1 is 0.935 bits per heavy atom. The zero-order valence-electron chi connectivity index (χ0n) is 16.5. The van der Waals surface area contributed by atoms with Gasteiger partial charge in [-0.3, -0.25) is 9.59 Å². The Hall–Kier alpha value is -3.97. The molecule has 156 valence electrons. The van der Waals surface area contributed by atoms with Crippen LogP contribution in [0.4, 0.5) is 5.69 Å². The van der Waals surface area contributed by atoms with Gasteiger partial charge >= 0.3 is 17.8 Å². The predicted molar refractivity (Wildman–Crippen MR) is 118 cm³/mol. The second-order valence-corrected chi connectivity index (χ2v) is 6.93. The molecule has 8 heteroatoms. The number of anilines is 1. The lowest BCUT2D eigenvalue weighted by Gasteiger charge is -2.05. The average molecular weight is 436 g/mol. The number of hydrazone groups is 1. The summed E-state index contributed by atoms with van der Waals surface area (Å²) in [6.45, 7) is 1.88. The van der Waals surface area contributed by atoms with Crippen molar-refractivity contribution in [1.82, 2.24) is 5.43 Å². The summed E-state index contributed by atoms with van der Waals surface area (Å²) in [5, 5.41) is 6.78. The van der Waals surface area contributed by atoms with E-state index in [-0.39, 0.29) is 0 Å². The van der Waals surface area contributed by atoms with Crippen LogP contribution in [0.25, 0.3) is 0 Å². The highest BCUT2D eigenvalue weighted by atomic mass is 35.5. The molecule has 0 aliphatic rings. The molecular weight excluding hydrogens is 418 g/mol. The molecule has 0 spiro atoms. The number of nitrogens with one attached hydrogen (secondary N) is 2. The Balaban J connectivity index is 1.56. The smallest absolute Gasteiger partial charge is 0.343 e. The minimum Gasteiger partial charge on any atom is -0.423 e. The Labute approximate surface area is 183 Å². The maximum absolute atomic E-state index is 12.2. The summed E-state index contributed by atoms with van der Waals surface area (Å²) >= 11 is 5.81. The van der Waals surface area contributed by atoms with Crippen LogP contribution in [-0.2, 0) is 9.59 Å². The molecule has 31 heavy (non-hydrogen) atoms. The number of benzene rings is 3. The first kappa shape index (κ1) is 21.7. The lowest BCUT2D eigenvalue weighted by molar-refractivity contribution is -0.136. The van der Waals surface area contributed by atoms with Crippen molar-refractivity contribution in [1.29, 1.82) is 0 Å². The molecule has 3 aromatic rings. The number of ether oxygens (including phenoxy) is 1. The number of aryl methyl sites for hydroxylation is 1.